The van der Waals surface area contributed by atoms with Crippen molar-refractivity contribution in [2.75, 3.05) is 39.8 Å². The standard InChI is InChI=1S/C16H30N2O3.C7H7NO2.CH4O/c1-15(2,3)21-14(20)18-11-9-17(10-12-18)8-6-16(4,5)7-13-19;8-7(9)10-6-4-2-1-3-5-6;1-2/h13H,6-12H2,1-5H3;1-5H,(H2,8,9);2H,1H3. The van der Waals surface area contributed by atoms with E-state index in [-0.39, 0.29) is 11.5 Å². The van der Waals surface area contributed by atoms with Gasteiger partial charge in [0.05, 0.1) is 0 Å². The van der Waals surface area contributed by atoms with Crippen molar-refractivity contribution >= 4 is 18.5 Å². The van der Waals surface area contributed by atoms with Gasteiger partial charge in [-0.2, -0.15) is 0 Å². The molecule has 9 heteroatoms. The van der Waals surface area contributed by atoms with Crippen molar-refractivity contribution in [2.45, 2.75) is 53.1 Å². The summed E-state index contributed by atoms with van der Waals surface area (Å²) in [6.07, 6.45) is 1.60. The maximum absolute atomic E-state index is 12.0. The second-order valence-electron chi connectivity index (χ2n) is 9.33. The van der Waals surface area contributed by atoms with Gasteiger partial charge in [-0.25, -0.2) is 9.59 Å². The molecule has 2 rings (SSSR count). The van der Waals surface area contributed by atoms with Crippen LogP contribution in [0.15, 0.2) is 30.3 Å². The molecule has 0 atom stereocenters. The van der Waals surface area contributed by atoms with E-state index in [1.807, 2.05) is 26.8 Å². The van der Waals surface area contributed by atoms with E-state index < -0.39 is 11.7 Å². The number of nitrogens with two attached hydrogens (primary N) is 1. The zero-order valence-electron chi connectivity index (χ0n) is 20.9. The predicted octanol–water partition coefficient (Wildman–Crippen LogP) is 3.30. The molecule has 0 unspecified atom stereocenters. The van der Waals surface area contributed by atoms with E-state index in [2.05, 4.69) is 23.5 Å². The van der Waals surface area contributed by atoms with Crippen LogP contribution in [0.5, 0.6) is 5.75 Å². The normalized spacial score (nSPS) is 14.1. The predicted molar refractivity (Wildman–Crippen MR) is 128 cm³/mol. The van der Waals surface area contributed by atoms with Crippen molar-refractivity contribution in [3.8, 4) is 5.75 Å². The highest BCUT2D eigenvalue weighted by Crippen LogP contribution is 2.24. The minimum atomic E-state index is -0.786. The Labute approximate surface area is 197 Å². The van der Waals surface area contributed by atoms with Crippen LogP contribution in [0, 0.1) is 5.41 Å². The van der Waals surface area contributed by atoms with Gasteiger partial charge in [-0.15, -0.1) is 0 Å². The van der Waals surface area contributed by atoms with Crippen LogP contribution in [0.4, 0.5) is 9.59 Å². The first-order valence-corrected chi connectivity index (χ1v) is 11.0. The number of para-hydroxylation sites is 1. The fourth-order valence-corrected chi connectivity index (χ4v) is 2.87. The van der Waals surface area contributed by atoms with E-state index in [1.54, 1.807) is 29.2 Å². The Hall–Kier alpha value is -2.65. The third-order valence-electron chi connectivity index (χ3n) is 4.73. The molecule has 0 aromatic heterocycles. The fraction of sp³-hybridized carbons (Fsp3) is 0.625. The third-order valence-corrected chi connectivity index (χ3v) is 4.73. The number of amides is 2. The molecular formula is C24H41N3O6. The van der Waals surface area contributed by atoms with Crippen LogP contribution in [0.3, 0.4) is 0 Å². The van der Waals surface area contributed by atoms with Gasteiger partial charge in [-0.1, -0.05) is 32.0 Å². The van der Waals surface area contributed by atoms with Gasteiger partial charge in [0.1, 0.15) is 17.6 Å². The lowest BCUT2D eigenvalue weighted by Crippen LogP contribution is -2.50. The van der Waals surface area contributed by atoms with E-state index in [0.717, 1.165) is 39.5 Å². The Kier molecular flexibility index (Phi) is 14.0. The van der Waals surface area contributed by atoms with E-state index in [4.69, 9.17) is 15.6 Å². The van der Waals surface area contributed by atoms with Gasteiger partial charge in [0.2, 0.25) is 0 Å². The van der Waals surface area contributed by atoms with E-state index in [1.165, 1.54) is 0 Å². The second-order valence-corrected chi connectivity index (χ2v) is 9.33. The number of rotatable bonds is 6. The van der Waals surface area contributed by atoms with Crippen molar-refractivity contribution in [3.05, 3.63) is 30.3 Å². The molecule has 3 N–H and O–H groups in total. The molecule has 33 heavy (non-hydrogen) atoms. The number of aliphatic hydroxyl groups is 1. The molecule has 0 radical (unpaired) electrons. The summed E-state index contributed by atoms with van der Waals surface area (Å²) in [6, 6.07) is 8.67. The number of piperazine rings is 1. The summed E-state index contributed by atoms with van der Waals surface area (Å²) in [5.74, 6) is 0.468. The minimum Gasteiger partial charge on any atom is -0.444 e. The molecule has 1 aromatic rings. The number of carbonyl (C=O) groups excluding carboxylic acids is 3. The van der Waals surface area contributed by atoms with Crippen molar-refractivity contribution in [1.29, 1.82) is 0 Å². The number of aliphatic hydroxyl groups excluding tert-OH is 1. The Balaban J connectivity index is 0.000000709. The molecule has 1 aromatic carbocycles. The molecule has 0 aliphatic carbocycles. The smallest absolute Gasteiger partial charge is 0.410 e. The molecule has 1 heterocycles. The highest BCUT2D eigenvalue weighted by molar-refractivity contribution is 5.68. The van der Waals surface area contributed by atoms with Crippen LogP contribution in [-0.4, -0.2) is 78.8 Å². The Morgan fingerprint density at radius 3 is 2.03 bits per heavy atom. The summed E-state index contributed by atoms with van der Waals surface area (Å²) in [5, 5.41) is 7.00. The van der Waals surface area contributed by atoms with Gasteiger partial charge in [0, 0.05) is 39.7 Å². The van der Waals surface area contributed by atoms with Crippen LogP contribution in [0.25, 0.3) is 0 Å². The van der Waals surface area contributed by atoms with Gasteiger partial charge in [-0.3, -0.25) is 4.90 Å². The summed E-state index contributed by atoms with van der Waals surface area (Å²) in [5.41, 5.74) is 4.39. The molecule has 188 valence electrons. The first-order valence-electron chi connectivity index (χ1n) is 11.0. The van der Waals surface area contributed by atoms with Crippen molar-refractivity contribution in [3.63, 3.8) is 0 Å². The maximum Gasteiger partial charge on any atom is 0.410 e. The summed E-state index contributed by atoms with van der Waals surface area (Å²) in [7, 11) is 1.00. The van der Waals surface area contributed by atoms with Gasteiger partial charge in [0.25, 0.3) is 0 Å². The lowest BCUT2D eigenvalue weighted by molar-refractivity contribution is -0.109. The van der Waals surface area contributed by atoms with E-state index in [9.17, 15) is 14.4 Å². The molecule has 0 spiro atoms. The molecule has 1 saturated heterocycles. The Morgan fingerprint density at radius 1 is 1.03 bits per heavy atom. The van der Waals surface area contributed by atoms with Gasteiger partial charge in [-0.05, 0) is 51.3 Å². The van der Waals surface area contributed by atoms with Crippen LogP contribution >= 0.6 is 0 Å². The quantitative estimate of drug-likeness (QED) is 0.616. The first-order chi connectivity index (χ1) is 15.4. The fourth-order valence-electron chi connectivity index (χ4n) is 2.87. The average molecular weight is 468 g/mol. The van der Waals surface area contributed by atoms with Gasteiger partial charge in [0.15, 0.2) is 0 Å². The maximum atomic E-state index is 12.0. The molecule has 0 saturated carbocycles. The van der Waals surface area contributed by atoms with Crippen LogP contribution < -0.4 is 10.5 Å². The summed E-state index contributed by atoms with van der Waals surface area (Å²) >= 11 is 0. The minimum absolute atomic E-state index is 0.0596. The zero-order chi connectivity index (χ0) is 25.5. The number of aldehydes is 1. The van der Waals surface area contributed by atoms with Crippen LogP contribution in [0.1, 0.15) is 47.5 Å². The highest BCUT2D eigenvalue weighted by atomic mass is 16.6. The van der Waals surface area contributed by atoms with E-state index >= 15 is 0 Å². The molecule has 0 bridgehead atoms. The number of ether oxygens (including phenoxy) is 2. The number of hydrogen-bond acceptors (Lipinski definition) is 7. The lowest BCUT2D eigenvalue weighted by Gasteiger charge is -2.36. The molecule has 1 aliphatic rings. The highest BCUT2D eigenvalue weighted by Gasteiger charge is 2.26. The lowest BCUT2D eigenvalue weighted by atomic mass is 9.86. The van der Waals surface area contributed by atoms with Crippen molar-refractivity contribution in [2.24, 2.45) is 11.1 Å². The third kappa shape index (κ3) is 14.9. The van der Waals surface area contributed by atoms with Gasteiger partial charge >= 0.3 is 12.2 Å². The number of primary amides is 1. The topological polar surface area (TPSA) is 122 Å². The van der Waals surface area contributed by atoms with Crippen molar-refractivity contribution in [1.82, 2.24) is 9.80 Å². The number of nitrogens with zero attached hydrogens (tertiary/aromatic N) is 2. The summed E-state index contributed by atoms with van der Waals surface area (Å²) in [6.45, 7) is 14.0. The second kappa shape index (κ2) is 15.2. The van der Waals surface area contributed by atoms with Crippen LogP contribution in [0.2, 0.25) is 0 Å². The Bertz CT molecular complexity index is 696. The van der Waals surface area contributed by atoms with Crippen molar-refractivity contribution < 1.29 is 29.0 Å². The number of hydrogen-bond donors (Lipinski definition) is 2. The molecule has 9 nitrogen and oxygen atoms in total. The van der Waals surface area contributed by atoms with Crippen LogP contribution in [-0.2, 0) is 9.53 Å². The van der Waals surface area contributed by atoms with Gasteiger partial charge < -0.3 is 30.0 Å². The monoisotopic (exact) mass is 467 g/mol. The number of carbonyl (C=O) groups is 3. The summed E-state index contributed by atoms with van der Waals surface area (Å²) < 4.78 is 9.94. The zero-order valence-corrected chi connectivity index (χ0v) is 20.9. The number of benzene rings is 1. The molecule has 1 aliphatic heterocycles. The summed E-state index contributed by atoms with van der Waals surface area (Å²) in [4.78, 5) is 36.9. The molecular weight excluding hydrogens is 426 g/mol. The average Bonchev–Trinajstić information content (AvgIpc) is 2.74. The Morgan fingerprint density at radius 2 is 1.58 bits per heavy atom. The largest absolute Gasteiger partial charge is 0.444 e. The molecule has 1 fully saturated rings. The van der Waals surface area contributed by atoms with E-state index in [0.29, 0.717) is 25.3 Å². The SMILES string of the molecule is CC(C)(CC=O)CCN1CCN(C(=O)OC(C)(C)C)CC1.CO.NC(=O)Oc1ccccc1. The first kappa shape index (κ1) is 30.4. The molecule has 2 amide bonds.